The van der Waals surface area contributed by atoms with Gasteiger partial charge in [0, 0.05) is 37.5 Å². The molecule has 0 radical (unpaired) electrons. The third kappa shape index (κ3) is 3.63. The van der Waals surface area contributed by atoms with Crippen LogP contribution in [0.2, 0.25) is 0 Å². The van der Waals surface area contributed by atoms with Crippen LogP contribution in [-0.2, 0) is 0 Å². The minimum Gasteiger partial charge on any atom is -0.366 e. The molecule has 3 rings (SSSR count). The van der Waals surface area contributed by atoms with E-state index in [4.69, 9.17) is 0 Å². The Kier molecular flexibility index (Phi) is 4.97. The van der Waals surface area contributed by atoms with Gasteiger partial charge in [-0.15, -0.1) is 0 Å². The zero-order chi connectivity index (χ0) is 17.8. The first-order valence-corrected chi connectivity index (χ1v) is 8.44. The van der Waals surface area contributed by atoms with Crippen LogP contribution in [0.3, 0.4) is 0 Å². The van der Waals surface area contributed by atoms with Gasteiger partial charge in [0.2, 0.25) is 0 Å². The fourth-order valence-corrected chi connectivity index (χ4v) is 3.17. The lowest BCUT2D eigenvalue weighted by molar-refractivity contribution is -0.384. The summed E-state index contributed by atoms with van der Waals surface area (Å²) in [4.78, 5) is 27.4. The smallest absolute Gasteiger partial charge is 0.293 e. The van der Waals surface area contributed by atoms with E-state index in [2.05, 4.69) is 0 Å². The van der Waals surface area contributed by atoms with Gasteiger partial charge in [-0.05, 0) is 43.5 Å². The number of carbonyl (C=O) groups excluding carboxylic acids is 1. The van der Waals surface area contributed by atoms with E-state index in [-0.39, 0.29) is 11.6 Å². The van der Waals surface area contributed by atoms with Crippen molar-refractivity contribution in [3.8, 4) is 0 Å². The van der Waals surface area contributed by atoms with Crippen molar-refractivity contribution in [1.82, 2.24) is 0 Å². The van der Waals surface area contributed by atoms with E-state index in [0.717, 1.165) is 38.0 Å². The molecule has 0 aliphatic carbocycles. The van der Waals surface area contributed by atoms with Gasteiger partial charge < -0.3 is 9.80 Å². The number of para-hydroxylation sites is 1. The molecule has 130 valence electrons. The average Bonchev–Trinajstić information content (AvgIpc) is 2.67. The van der Waals surface area contributed by atoms with Crippen LogP contribution in [0.1, 0.15) is 29.6 Å². The molecular formula is C19H21N3O3. The van der Waals surface area contributed by atoms with Gasteiger partial charge in [-0.25, -0.2) is 0 Å². The highest BCUT2D eigenvalue weighted by Crippen LogP contribution is 2.32. The van der Waals surface area contributed by atoms with Gasteiger partial charge in [0.05, 0.1) is 4.92 Å². The third-order valence-electron chi connectivity index (χ3n) is 4.56. The Morgan fingerprint density at radius 2 is 1.76 bits per heavy atom. The molecule has 0 aromatic heterocycles. The monoisotopic (exact) mass is 339 g/mol. The Morgan fingerprint density at radius 3 is 2.40 bits per heavy atom. The minimum atomic E-state index is -0.400. The molecule has 1 aliphatic rings. The van der Waals surface area contributed by atoms with Crippen LogP contribution in [0.5, 0.6) is 0 Å². The van der Waals surface area contributed by atoms with Crippen molar-refractivity contribution in [2.24, 2.45) is 0 Å². The fourth-order valence-electron chi connectivity index (χ4n) is 3.17. The number of rotatable bonds is 4. The normalized spacial score (nSPS) is 14.2. The van der Waals surface area contributed by atoms with E-state index in [1.54, 1.807) is 19.2 Å². The van der Waals surface area contributed by atoms with Crippen LogP contribution in [0.4, 0.5) is 17.1 Å². The molecule has 1 aliphatic heterocycles. The maximum absolute atomic E-state index is 12.7. The molecule has 1 amide bonds. The Hall–Kier alpha value is -2.89. The van der Waals surface area contributed by atoms with Crippen LogP contribution >= 0.6 is 0 Å². The molecule has 0 bridgehead atoms. The lowest BCUT2D eigenvalue weighted by atomic mass is 10.1. The van der Waals surface area contributed by atoms with Gasteiger partial charge in [-0.1, -0.05) is 18.2 Å². The average molecular weight is 339 g/mol. The summed E-state index contributed by atoms with van der Waals surface area (Å²) in [6.07, 6.45) is 3.23. The highest BCUT2D eigenvalue weighted by atomic mass is 16.6. The minimum absolute atomic E-state index is 0.00536. The van der Waals surface area contributed by atoms with Gasteiger partial charge in [0.15, 0.2) is 0 Å². The zero-order valence-corrected chi connectivity index (χ0v) is 14.2. The number of benzene rings is 2. The summed E-state index contributed by atoms with van der Waals surface area (Å²) in [5.41, 5.74) is 1.66. The molecule has 2 aromatic carbocycles. The molecule has 25 heavy (non-hydrogen) atoms. The summed E-state index contributed by atoms with van der Waals surface area (Å²) in [5.74, 6) is -0.264. The summed E-state index contributed by atoms with van der Waals surface area (Å²) >= 11 is 0. The van der Waals surface area contributed by atoms with Crippen molar-refractivity contribution < 1.29 is 9.72 Å². The fraction of sp³-hybridized carbons (Fsp3) is 0.316. The van der Waals surface area contributed by atoms with Crippen molar-refractivity contribution in [1.29, 1.82) is 0 Å². The van der Waals surface area contributed by atoms with Gasteiger partial charge in [0.1, 0.15) is 5.69 Å². The first kappa shape index (κ1) is 17.0. The number of hydrogen-bond donors (Lipinski definition) is 0. The van der Waals surface area contributed by atoms with Crippen LogP contribution in [-0.4, -0.2) is 31.0 Å². The van der Waals surface area contributed by atoms with Gasteiger partial charge >= 0.3 is 0 Å². The topological polar surface area (TPSA) is 66.7 Å². The quantitative estimate of drug-likeness (QED) is 0.626. The molecule has 1 saturated heterocycles. The van der Waals surface area contributed by atoms with Crippen LogP contribution in [0, 0.1) is 10.1 Å². The lowest BCUT2D eigenvalue weighted by Crippen LogP contribution is -2.30. The summed E-state index contributed by atoms with van der Waals surface area (Å²) in [5, 5.41) is 11.5. The second kappa shape index (κ2) is 7.34. The molecular weight excluding hydrogens is 318 g/mol. The summed E-state index contributed by atoms with van der Waals surface area (Å²) < 4.78 is 0. The number of piperidine rings is 1. The van der Waals surface area contributed by atoms with E-state index in [1.165, 1.54) is 11.0 Å². The van der Waals surface area contributed by atoms with Crippen molar-refractivity contribution in [2.45, 2.75) is 19.3 Å². The zero-order valence-electron chi connectivity index (χ0n) is 14.2. The number of nitro groups is 1. The standard InChI is InChI=1S/C19H21N3O3/c1-20(16-8-4-2-5-9-16)19(23)15-10-11-17(18(14-15)22(24)25)21-12-6-3-7-13-21/h2,4-5,8-11,14H,3,6-7,12-13H2,1H3. The van der Waals surface area contributed by atoms with E-state index in [0.29, 0.717) is 11.3 Å². The van der Waals surface area contributed by atoms with Gasteiger partial charge in [-0.3, -0.25) is 14.9 Å². The first-order valence-electron chi connectivity index (χ1n) is 8.44. The summed E-state index contributed by atoms with van der Waals surface area (Å²) in [6, 6.07) is 14.0. The van der Waals surface area contributed by atoms with Crippen molar-refractivity contribution >= 4 is 23.0 Å². The molecule has 0 atom stereocenters. The molecule has 1 fully saturated rings. The first-order chi connectivity index (χ1) is 12.1. The van der Waals surface area contributed by atoms with Gasteiger partial charge in [0.25, 0.3) is 11.6 Å². The van der Waals surface area contributed by atoms with E-state index >= 15 is 0 Å². The number of hydrogen-bond acceptors (Lipinski definition) is 4. The summed E-state index contributed by atoms with van der Waals surface area (Å²) in [7, 11) is 1.67. The molecule has 0 N–H and O–H groups in total. The molecule has 2 aromatic rings. The summed E-state index contributed by atoms with van der Waals surface area (Å²) in [6.45, 7) is 1.64. The predicted octanol–water partition coefficient (Wildman–Crippen LogP) is 3.86. The SMILES string of the molecule is CN(C(=O)c1ccc(N2CCCCC2)c([N+](=O)[O-])c1)c1ccccc1. The lowest BCUT2D eigenvalue weighted by Gasteiger charge is -2.28. The number of nitrogens with zero attached hydrogens (tertiary/aromatic N) is 3. The number of carbonyl (C=O) groups is 1. The van der Waals surface area contributed by atoms with Crippen LogP contribution in [0.15, 0.2) is 48.5 Å². The highest BCUT2D eigenvalue weighted by Gasteiger charge is 2.24. The number of nitro benzene ring substituents is 1. The van der Waals surface area contributed by atoms with Crippen LogP contribution < -0.4 is 9.80 Å². The second-order valence-electron chi connectivity index (χ2n) is 6.21. The van der Waals surface area contributed by atoms with Gasteiger partial charge in [-0.2, -0.15) is 0 Å². The van der Waals surface area contributed by atoms with E-state index in [1.807, 2.05) is 35.2 Å². The Bertz CT molecular complexity index is 771. The van der Waals surface area contributed by atoms with E-state index in [9.17, 15) is 14.9 Å². The third-order valence-corrected chi connectivity index (χ3v) is 4.56. The van der Waals surface area contributed by atoms with Crippen molar-refractivity contribution in [2.75, 3.05) is 29.9 Å². The molecule has 6 nitrogen and oxygen atoms in total. The highest BCUT2D eigenvalue weighted by molar-refractivity contribution is 6.06. The molecule has 6 heteroatoms. The Morgan fingerprint density at radius 1 is 1.08 bits per heavy atom. The maximum Gasteiger partial charge on any atom is 0.293 e. The van der Waals surface area contributed by atoms with Crippen LogP contribution in [0.25, 0.3) is 0 Å². The van der Waals surface area contributed by atoms with Crippen molar-refractivity contribution in [3.63, 3.8) is 0 Å². The number of anilines is 2. The molecule has 0 spiro atoms. The predicted molar refractivity (Wildman–Crippen MR) is 98.3 cm³/mol. The Labute approximate surface area is 146 Å². The Balaban J connectivity index is 1.91. The molecule has 1 heterocycles. The molecule has 0 saturated carbocycles. The molecule has 0 unspecified atom stereocenters. The van der Waals surface area contributed by atoms with Crippen molar-refractivity contribution in [3.05, 3.63) is 64.2 Å². The number of amides is 1. The maximum atomic E-state index is 12.7. The van der Waals surface area contributed by atoms with E-state index < -0.39 is 4.92 Å². The largest absolute Gasteiger partial charge is 0.366 e. The second-order valence-corrected chi connectivity index (χ2v) is 6.21.